The van der Waals surface area contributed by atoms with Crippen molar-refractivity contribution in [2.45, 2.75) is 0 Å². The molecular formula is C8H7N3O2. The van der Waals surface area contributed by atoms with Gasteiger partial charge in [-0.15, -0.1) is 5.10 Å². The Labute approximate surface area is 73.4 Å². The first-order chi connectivity index (χ1) is 6.20. The molecule has 0 aliphatic carbocycles. The molecule has 0 saturated carbocycles. The summed E-state index contributed by atoms with van der Waals surface area (Å²) in [5.74, 6) is 0.234. The van der Waals surface area contributed by atoms with Crippen LogP contribution in [0.5, 0.6) is 0 Å². The summed E-state index contributed by atoms with van der Waals surface area (Å²) in [6.07, 6.45) is -1.13. The number of para-hydroxylation sites is 1. The SMILES string of the molecule is Nc1nn(C(=O)O)c2ccccc12. The fourth-order valence-electron chi connectivity index (χ4n) is 1.24. The third-order valence-electron chi connectivity index (χ3n) is 1.80. The van der Waals surface area contributed by atoms with Gasteiger partial charge in [-0.1, -0.05) is 12.1 Å². The molecule has 2 rings (SSSR count). The van der Waals surface area contributed by atoms with E-state index in [1.54, 1.807) is 24.3 Å². The average Bonchev–Trinajstić information content (AvgIpc) is 2.45. The van der Waals surface area contributed by atoms with E-state index in [1.165, 1.54) is 0 Å². The average molecular weight is 177 g/mol. The maximum absolute atomic E-state index is 10.7. The lowest BCUT2D eigenvalue weighted by atomic mass is 10.2. The zero-order valence-corrected chi connectivity index (χ0v) is 6.64. The Kier molecular flexibility index (Phi) is 1.45. The van der Waals surface area contributed by atoms with E-state index in [0.29, 0.717) is 10.9 Å². The van der Waals surface area contributed by atoms with E-state index in [1.807, 2.05) is 0 Å². The Balaban J connectivity index is 2.85. The lowest BCUT2D eigenvalue weighted by molar-refractivity contribution is 0.194. The second-order valence-electron chi connectivity index (χ2n) is 2.60. The minimum Gasteiger partial charge on any atom is -0.463 e. The first-order valence-electron chi connectivity index (χ1n) is 3.66. The second-order valence-corrected chi connectivity index (χ2v) is 2.60. The van der Waals surface area contributed by atoms with Gasteiger partial charge in [0.05, 0.1) is 5.52 Å². The maximum Gasteiger partial charge on any atom is 0.432 e. The van der Waals surface area contributed by atoms with Gasteiger partial charge in [-0.3, -0.25) is 0 Å². The predicted octanol–water partition coefficient (Wildman–Crippen LogP) is 1.14. The number of anilines is 1. The molecule has 1 aromatic carbocycles. The molecule has 0 aliphatic rings. The van der Waals surface area contributed by atoms with Gasteiger partial charge in [0.1, 0.15) is 0 Å². The minimum absolute atomic E-state index is 0.234. The summed E-state index contributed by atoms with van der Waals surface area (Å²) in [5, 5.41) is 13.1. The minimum atomic E-state index is -1.13. The van der Waals surface area contributed by atoms with Crippen LogP contribution in [-0.4, -0.2) is 21.0 Å². The van der Waals surface area contributed by atoms with Gasteiger partial charge in [0.15, 0.2) is 5.82 Å². The Hall–Kier alpha value is -2.04. The van der Waals surface area contributed by atoms with Gasteiger partial charge in [-0.2, -0.15) is 4.68 Å². The van der Waals surface area contributed by atoms with Crippen molar-refractivity contribution >= 4 is 22.8 Å². The van der Waals surface area contributed by atoms with Gasteiger partial charge < -0.3 is 10.8 Å². The van der Waals surface area contributed by atoms with Gasteiger partial charge in [-0.05, 0) is 12.1 Å². The Morgan fingerprint density at radius 2 is 2.15 bits per heavy atom. The third-order valence-corrected chi connectivity index (χ3v) is 1.80. The van der Waals surface area contributed by atoms with Crippen LogP contribution in [0, 0.1) is 0 Å². The van der Waals surface area contributed by atoms with Crippen LogP contribution < -0.4 is 5.73 Å². The normalized spacial score (nSPS) is 10.5. The first-order valence-corrected chi connectivity index (χ1v) is 3.66. The van der Waals surface area contributed by atoms with E-state index in [4.69, 9.17) is 10.8 Å². The van der Waals surface area contributed by atoms with Crippen LogP contribution >= 0.6 is 0 Å². The predicted molar refractivity (Wildman–Crippen MR) is 47.6 cm³/mol. The van der Waals surface area contributed by atoms with Crippen LogP contribution in [0.1, 0.15) is 0 Å². The Bertz CT molecular complexity index is 475. The Morgan fingerprint density at radius 1 is 1.46 bits per heavy atom. The molecule has 13 heavy (non-hydrogen) atoms. The van der Waals surface area contributed by atoms with Crippen molar-refractivity contribution in [1.29, 1.82) is 0 Å². The summed E-state index contributed by atoms with van der Waals surface area (Å²) in [6, 6.07) is 6.92. The highest BCUT2D eigenvalue weighted by molar-refractivity contribution is 5.94. The van der Waals surface area contributed by atoms with Crippen molar-refractivity contribution in [2.75, 3.05) is 5.73 Å². The number of carboxylic acid groups (broad SMARTS) is 1. The highest BCUT2D eigenvalue weighted by Gasteiger charge is 2.10. The number of benzene rings is 1. The number of hydrogen-bond donors (Lipinski definition) is 2. The largest absolute Gasteiger partial charge is 0.463 e. The summed E-state index contributed by atoms with van der Waals surface area (Å²) in [4.78, 5) is 10.7. The van der Waals surface area contributed by atoms with Crippen molar-refractivity contribution in [3.05, 3.63) is 24.3 Å². The highest BCUT2D eigenvalue weighted by Crippen LogP contribution is 2.19. The first kappa shape index (κ1) is 7.60. The molecule has 2 aromatic rings. The monoisotopic (exact) mass is 177 g/mol. The van der Waals surface area contributed by atoms with Crippen molar-refractivity contribution in [1.82, 2.24) is 9.78 Å². The van der Waals surface area contributed by atoms with E-state index in [2.05, 4.69) is 5.10 Å². The fraction of sp³-hybridized carbons (Fsp3) is 0. The molecule has 0 spiro atoms. The van der Waals surface area contributed by atoms with Crippen LogP contribution in [-0.2, 0) is 0 Å². The zero-order chi connectivity index (χ0) is 9.42. The number of nitrogens with two attached hydrogens (primary N) is 1. The molecule has 66 valence electrons. The smallest absolute Gasteiger partial charge is 0.432 e. The molecular weight excluding hydrogens is 170 g/mol. The topological polar surface area (TPSA) is 81.1 Å². The highest BCUT2D eigenvalue weighted by atomic mass is 16.4. The van der Waals surface area contributed by atoms with Crippen molar-refractivity contribution < 1.29 is 9.90 Å². The van der Waals surface area contributed by atoms with Crippen LogP contribution in [0.2, 0.25) is 0 Å². The van der Waals surface area contributed by atoms with Crippen molar-refractivity contribution in [3.63, 3.8) is 0 Å². The molecule has 0 aliphatic heterocycles. The number of aromatic nitrogens is 2. The molecule has 0 amide bonds. The zero-order valence-electron chi connectivity index (χ0n) is 6.64. The van der Waals surface area contributed by atoms with Crippen LogP contribution in [0.15, 0.2) is 24.3 Å². The molecule has 1 aromatic heterocycles. The second kappa shape index (κ2) is 2.48. The number of fused-ring (bicyclic) bond motifs is 1. The van der Waals surface area contributed by atoms with E-state index in [9.17, 15) is 4.79 Å². The molecule has 0 saturated heterocycles. The number of nitrogen functional groups attached to an aromatic ring is 1. The van der Waals surface area contributed by atoms with Crippen LogP contribution in [0.25, 0.3) is 10.9 Å². The van der Waals surface area contributed by atoms with E-state index >= 15 is 0 Å². The molecule has 0 fully saturated rings. The van der Waals surface area contributed by atoms with Gasteiger partial charge in [0.25, 0.3) is 0 Å². The van der Waals surface area contributed by atoms with E-state index < -0.39 is 6.09 Å². The molecule has 3 N–H and O–H groups in total. The van der Waals surface area contributed by atoms with Gasteiger partial charge in [-0.25, -0.2) is 4.79 Å². The molecule has 0 atom stereocenters. The summed E-state index contributed by atoms with van der Waals surface area (Å²) >= 11 is 0. The third kappa shape index (κ3) is 1.01. The van der Waals surface area contributed by atoms with Crippen LogP contribution in [0.4, 0.5) is 10.6 Å². The number of hydrogen-bond acceptors (Lipinski definition) is 3. The molecule has 0 radical (unpaired) electrons. The Morgan fingerprint density at radius 3 is 2.85 bits per heavy atom. The van der Waals surface area contributed by atoms with E-state index in [-0.39, 0.29) is 5.82 Å². The van der Waals surface area contributed by atoms with Crippen LogP contribution in [0.3, 0.4) is 0 Å². The lowest BCUT2D eigenvalue weighted by Crippen LogP contribution is -2.09. The van der Waals surface area contributed by atoms with Gasteiger partial charge in [0.2, 0.25) is 0 Å². The molecule has 5 nitrogen and oxygen atoms in total. The number of rotatable bonds is 0. The summed E-state index contributed by atoms with van der Waals surface area (Å²) < 4.78 is 0.866. The van der Waals surface area contributed by atoms with E-state index in [0.717, 1.165) is 4.68 Å². The number of nitrogens with zero attached hydrogens (tertiary/aromatic N) is 2. The number of carbonyl (C=O) groups is 1. The summed E-state index contributed by atoms with van der Waals surface area (Å²) in [6.45, 7) is 0. The molecule has 0 bridgehead atoms. The lowest BCUT2D eigenvalue weighted by Gasteiger charge is -1.92. The quantitative estimate of drug-likeness (QED) is 0.632. The van der Waals surface area contributed by atoms with Crippen molar-refractivity contribution in [2.24, 2.45) is 0 Å². The fourth-order valence-corrected chi connectivity index (χ4v) is 1.24. The van der Waals surface area contributed by atoms with Gasteiger partial charge >= 0.3 is 6.09 Å². The van der Waals surface area contributed by atoms with Gasteiger partial charge in [0, 0.05) is 5.39 Å². The molecule has 0 unspecified atom stereocenters. The maximum atomic E-state index is 10.7. The molecule has 1 heterocycles. The summed E-state index contributed by atoms with van der Waals surface area (Å²) in [7, 11) is 0. The van der Waals surface area contributed by atoms with Crippen molar-refractivity contribution in [3.8, 4) is 0 Å². The molecule has 5 heteroatoms. The summed E-state index contributed by atoms with van der Waals surface area (Å²) in [5.41, 5.74) is 6.03. The standard InChI is InChI=1S/C8H7N3O2/c9-7-5-3-1-2-4-6(5)11(10-7)8(12)13/h1-4H,(H2,9,10)(H,12,13).